The number of hydrogen-bond acceptors (Lipinski definition) is 4. The largest absolute Gasteiger partial charge is 0.369 e. The molecule has 0 saturated heterocycles. The average molecular weight is 270 g/mol. The van der Waals surface area contributed by atoms with Gasteiger partial charge in [-0.3, -0.25) is 4.79 Å². The van der Waals surface area contributed by atoms with E-state index in [0.717, 1.165) is 18.5 Å². The minimum Gasteiger partial charge on any atom is -0.369 e. The van der Waals surface area contributed by atoms with Crippen molar-refractivity contribution in [3.05, 3.63) is 54.0 Å². The van der Waals surface area contributed by atoms with Gasteiger partial charge in [0.2, 0.25) is 0 Å². The summed E-state index contributed by atoms with van der Waals surface area (Å²) in [5.41, 5.74) is 1.37. The molecular formula is C15H18N4O. The highest BCUT2D eigenvalue weighted by molar-refractivity contribution is 5.91. The van der Waals surface area contributed by atoms with Crippen LogP contribution in [0.1, 0.15) is 29.4 Å². The number of carbonyl (C=O) groups excluding carboxylic acids is 1. The maximum Gasteiger partial charge on any atom is 0.271 e. The zero-order valence-corrected chi connectivity index (χ0v) is 11.5. The van der Waals surface area contributed by atoms with Gasteiger partial charge in [0.05, 0.1) is 12.4 Å². The van der Waals surface area contributed by atoms with Crippen LogP contribution in [0, 0.1) is 0 Å². The lowest BCUT2D eigenvalue weighted by atomic mass is 10.2. The number of carbonyl (C=O) groups is 1. The summed E-state index contributed by atoms with van der Waals surface area (Å²) in [5, 5.41) is 5.93. The van der Waals surface area contributed by atoms with E-state index in [9.17, 15) is 4.79 Å². The van der Waals surface area contributed by atoms with Gasteiger partial charge in [0.25, 0.3) is 5.91 Å². The van der Waals surface area contributed by atoms with Crippen LogP contribution in [0.2, 0.25) is 0 Å². The van der Waals surface area contributed by atoms with Gasteiger partial charge >= 0.3 is 0 Å². The van der Waals surface area contributed by atoms with E-state index in [1.54, 1.807) is 6.20 Å². The molecule has 0 bridgehead atoms. The van der Waals surface area contributed by atoms with Crippen LogP contribution in [-0.4, -0.2) is 22.4 Å². The maximum absolute atomic E-state index is 11.9. The van der Waals surface area contributed by atoms with Crippen molar-refractivity contribution in [1.29, 1.82) is 0 Å². The molecule has 0 atom stereocenters. The van der Waals surface area contributed by atoms with Crippen molar-refractivity contribution in [2.45, 2.75) is 19.9 Å². The summed E-state index contributed by atoms with van der Waals surface area (Å²) >= 11 is 0. The SMILES string of the molecule is CCCNc1cnc(C(=O)NCc2ccccc2)cn1. The first kappa shape index (κ1) is 14.0. The van der Waals surface area contributed by atoms with Crippen LogP contribution < -0.4 is 10.6 Å². The van der Waals surface area contributed by atoms with Gasteiger partial charge in [-0.05, 0) is 12.0 Å². The van der Waals surface area contributed by atoms with Crippen LogP contribution in [0.15, 0.2) is 42.7 Å². The van der Waals surface area contributed by atoms with Gasteiger partial charge in [-0.1, -0.05) is 37.3 Å². The Hall–Kier alpha value is -2.43. The number of hydrogen-bond donors (Lipinski definition) is 2. The quantitative estimate of drug-likeness (QED) is 0.844. The Bertz CT molecular complexity index is 540. The zero-order valence-electron chi connectivity index (χ0n) is 11.5. The molecule has 104 valence electrons. The number of anilines is 1. The molecular weight excluding hydrogens is 252 g/mol. The average Bonchev–Trinajstić information content (AvgIpc) is 2.52. The second kappa shape index (κ2) is 7.23. The maximum atomic E-state index is 11.9. The lowest BCUT2D eigenvalue weighted by Gasteiger charge is -2.06. The molecule has 20 heavy (non-hydrogen) atoms. The lowest BCUT2D eigenvalue weighted by Crippen LogP contribution is -2.24. The van der Waals surface area contributed by atoms with Gasteiger partial charge in [-0.25, -0.2) is 9.97 Å². The van der Waals surface area contributed by atoms with Gasteiger partial charge in [-0.2, -0.15) is 0 Å². The van der Waals surface area contributed by atoms with E-state index in [-0.39, 0.29) is 5.91 Å². The molecule has 2 aromatic rings. The van der Waals surface area contributed by atoms with Crippen LogP contribution >= 0.6 is 0 Å². The molecule has 0 unspecified atom stereocenters. The summed E-state index contributed by atoms with van der Waals surface area (Å²) in [6.45, 7) is 3.40. The van der Waals surface area contributed by atoms with Crippen molar-refractivity contribution in [2.24, 2.45) is 0 Å². The van der Waals surface area contributed by atoms with Crippen molar-refractivity contribution in [3.63, 3.8) is 0 Å². The summed E-state index contributed by atoms with van der Waals surface area (Å²) in [5.74, 6) is 0.467. The van der Waals surface area contributed by atoms with Crippen molar-refractivity contribution < 1.29 is 4.79 Å². The van der Waals surface area contributed by atoms with Crippen molar-refractivity contribution in [2.75, 3.05) is 11.9 Å². The lowest BCUT2D eigenvalue weighted by molar-refractivity contribution is 0.0945. The molecule has 1 heterocycles. The van der Waals surface area contributed by atoms with E-state index in [1.807, 2.05) is 30.3 Å². The summed E-state index contributed by atoms with van der Waals surface area (Å²) in [7, 11) is 0. The predicted molar refractivity (Wildman–Crippen MR) is 78.4 cm³/mol. The Balaban J connectivity index is 1.89. The van der Waals surface area contributed by atoms with Crippen LogP contribution in [-0.2, 0) is 6.54 Å². The monoisotopic (exact) mass is 270 g/mol. The Morgan fingerprint density at radius 3 is 2.60 bits per heavy atom. The van der Waals surface area contributed by atoms with Gasteiger partial charge in [-0.15, -0.1) is 0 Å². The Morgan fingerprint density at radius 2 is 1.95 bits per heavy atom. The molecule has 5 nitrogen and oxygen atoms in total. The van der Waals surface area contributed by atoms with Gasteiger partial charge in [0, 0.05) is 13.1 Å². The first-order valence-corrected chi connectivity index (χ1v) is 6.67. The molecule has 0 spiro atoms. The van der Waals surface area contributed by atoms with Crippen molar-refractivity contribution in [3.8, 4) is 0 Å². The topological polar surface area (TPSA) is 66.9 Å². The van der Waals surface area contributed by atoms with Crippen LogP contribution in [0.25, 0.3) is 0 Å². The molecule has 0 aliphatic carbocycles. The Labute approximate surface area is 118 Å². The highest BCUT2D eigenvalue weighted by atomic mass is 16.1. The molecule has 0 radical (unpaired) electrons. The van der Waals surface area contributed by atoms with Crippen LogP contribution in [0.4, 0.5) is 5.82 Å². The van der Waals surface area contributed by atoms with Crippen LogP contribution in [0.3, 0.4) is 0 Å². The highest BCUT2D eigenvalue weighted by Crippen LogP contribution is 2.02. The van der Waals surface area contributed by atoms with Crippen molar-refractivity contribution >= 4 is 11.7 Å². The zero-order chi connectivity index (χ0) is 14.2. The fraction of sp³-hybridized carbons (Fsp3) is 0.267. The minimum atomic E-state index is -0.219. The summed E-state index contributed by atoms with van der Waals surface area (Å²) in [4.78, 5) is 20.2. The second-order valence-electron chi connectivity index (χ2n) is 4.38. The van der Waals surface area contributed by atoms with E-state index in [1.165, 1.54) is 6.20 Å². The fourth-order valence-corrected chi connectivity index (χ4v) is 1.66. The summed E-state index contributed by atoms with van der Waals surface area (Å²) < 4.78 is 0. The van der Waals surface area contributed by atoms with E-state index in [2.05, 4.69) is 27.5 Å². The first-order chi connectivity index (χ1) is 9.79. The Morgan fingerprint density at radius 1 is 1.15 bits per heavy atom. The standard InChI is InChI=1S/C15H18N4O/c1-2-8-16-14-11-17-13(10-18-14)15(20)19-9-12-6-4-3-5-7-12/h3-7,10-11H,2,8-9H2,1H3,(H,16,18)(H,19,20). The number of rotatable bonds is 6. The van der Waals surface area contributed by atoms with Gasteiger partial charge in [0.1, 0.15) is 11.5 Å². The molecule has 5 heteroatoms. The molecule has 2 rings (SSSR count). The first-order valence-electron chi connectivity index (χ1n) is 6.67. The third kappa shape index (κ3) is 4.05. The van der Waals surface area contributed by atoms with Gasteiger partial charge in [0.15, 0.2) is 0 Å². The third-order valence-electron chi connectivity index (χ3n) is 2.74. The normalized spacial score (nSPS) is 10.1. The summed E-state index contributed by atoms with van der Waals surface area (Å²) in [6.07, 6.45) is 4.08. The Kier molecular flexibility index (Phi) is 5.06. The molecule has 0 aliphatic heterocycles. The predicted octanol–water partition coefficient (Wildman–Crippen LogP) is 2.23. The molecule has 0 aliphatic rings. The van der Waals surface area contributed by atoms with E-state index in [0.29, 0.717) is 18.1 Å². The molecule has 0 saturated carbocycles. The number of amides is 1. The molecule has 1 amide bonds. The number of nitrogens with one attached hydrogen (secondary N) is 2. The van der Waals surface area contributed by atoms with E-state index < -0.39 is 0 Å². The highest BCUT2D eigenvalue weighted by Gasteiger charge is 2.07. The van der Waals surface area contributed by atoms with Crippen molar-refractivity contribution in [1.82, 2.24) is 15.3 Å². The molecule has 2 N–H and O–H groups in total. The smallest absolute Gasteiger partial charge is 0.271 e. The number of benzene rings is 1. The minimum absolute atomic E-state index is 0.219. The van der Waals surface area contributed by atoms with Crippen LogP contribution in [0.5, 0.6) is 0 Å². The third-order valence-corrected chi connectivity index (χ3v) is 2.74. The summed E-state index contributed by atoms with van der Waals surface area (Å²) in [6, 6.07) is 9.75. The molecule has 0 fully saturated rings. The molecule has 1 aromatic heterocycles. The second-order valence-corrected chi connectivity index (χ2v) is 4.38. The number of aromatic nitrogens is 2. The van der Waals surface area contributed by atoms with Gasteiger partial charge < -0.3 is 10.6 Å². The fourth-order valence-electron chi connectivity index (χ4n) is 1.66. The van der Waals surface area contributed by atoms with E-state index in [4.69, 9.17) is 0 Å². The van der Waals surface area contributed by atoms with E-state index >= 15 is 0 Å². The number of nitrogens with zero attached hydrogens (tertiary/aromatic N) is 2. The molecule has 1 aromatic carbocycles.